The molecule has 8 heteroatoms. The highest BCUT2D eigenvalue weighted by Gasteiger charge is 2.21. The zero-order chi connectivity index (χ0) is 22.1. The van der Waals surface area contributed by atoms with Gasteiger partial charge in [-0.3, -0.25) is 9.10 Å². The molecule has 0 bridgehead atoms. The van der Waals surface area contributed by atoms with Crippen LogP contribution in [0.4, 0.5) is 5.69 Å². The van der Waals surface area contributed by atoms with Gasteiger partial charge in [-0.1, -0.05) is 19.4 Å². The summed E-state index contributed by atoms with van der Waals surface area (Å²) in [4.78, 5) is 12.3. The van der Waals surface area contributed by atoms with Crippen LogP contribution in [-0.2, 0) is 14.8 Å². The number of hydrazone groups is 1. The van der Waals surface area contributed by atoms with E-state index in [-0.39, 0.29) is 6.54 Å². The molecule has 0 aliphatic carbocycles. The number of unbranched alkanes of at least 4 members (excludes halogenated alkanes) is 1. The molecule has 0 atom stereocenters. The Morgan fingerprint density at radius 3 is 2.33 bits per heavy atom. The van der Waals surface area contributed by atoms with E-state index in [4.69, 9.17) is 4.74 Å². The fraction of sp³-hybridized carbons (Fsp3) is 0.364. The molecule has 1 amide bonds. The molecule has 0 aliphatic heterocycles. The molecule has 0 radical (unpaired) electrons. The van der Waals surface area contributed by atoms with Crippen molar-refractivity contribution in [1.29, 1.82) is 0 Å². The minimum atomic E-state index is -3.63. The van der Waals surface area contributed by atoms with Gasteiger partial charge in [-0.15, -0.1) is 0 Å². The molecule has 0 unspecified atom stereocenters. The number of sulfonamides is 1. The third-order valence-electron chi connectivity index (χ3n) is 4.23. The van der Waals surface area contributed by atoms with Gasteiger partial charge in [0.2, 0.25) is 10.0 Å². The highest BCUT2D eigenvalue weighted by Crippen LogP contribution is 2.21. The van der Waals surface area contributed by atoms with E-state index in [1.165, 1.54) is 6.21 Å². The monoisotopic (exact) mass is 431 g/mol. The quantitative estimate of drug-likeness (QED) is 0.355. The number of carbonyl (C=O) groups excluding carboxylic acids is 1. The number of hydrogen-bond acceptors (Lipinski definition) is 5. The first-order chi connectivity index (χ1) is 14.2. The van der Waals surface area contributed by atoms with Crippen LogP contribution in [-0.4, -0.2) is 39.9 Å². The second-order valence-corrected chi connectivity index (χ2v) is 9.09. The van der Waals surface area contributed by atoms with Crippen molar-refractivity contribution in [3.63, 3.8) is 0 Å². The highest BCUT2D eigenvalue weighted by atomic mass is 32.2. The van der Waals surface area contributed by atoms with Crippen LogP contribution in [0.25, 0.3) is 0 Å². The predicted molar refractivity (Wildman–Crippen MR) is 121 cm³/mol. The molecule has 0 aliphatic rings. The molecular formula is C22H29N3O4S. The Morgan fingerprint density at radius 2 is 1.77 bits per heavy atom. The van der Waals surface area contributed by atoms with Gasteiger partial charge in [0.25, 0.3) is 5.91 Å². The minimum Gasteiger partial charge on any atom is -0.494 e. The lowest BCUT2D eigenvalue weighted by Crippen LogP contribution is -2.39. The Hall–Kier alpha value is -2.87. The zero-order valence-electron chi connectivity index (χ0n) is 17.9. The van der Waals surface area contributed by atoms with Gasteiger partial charge in [0, 0.05) is 0 Å². The van der Waals surface area contributed by atoms with E-state index in [1.54, 1.807) is 12.1 Å². The second kappa shape index (κ2) is 10.8. The van der Waals surface area contributed by atoms with Crippen molar-refractivity contribution in [3.05, 3.63) is 59.2 Å². The van der Waals surface area contributed by atoms with Crippen molar-refractivity contribution in [2.24, 2.45) is 5.10 Å². The van der Waals surface area contributed by atoms with Gasteiger partial charge in [-0.05, 0) is 73.4 Å². The van der Waals surface area contributed by atoms with Gasteiger partial charge < -0.3 is 4.74 Å². The van der Waals surface area contributed by atoms with E-state index >= 15 is 0 Å². The van der Waals surface area contributed by atoms with E-state index < -0.39 is 15.9 Å². The SMILES string of the molecule is CCCCOc1ccc(/C=N\NC(=O)CN(c2cc(C)cc(C)c2)S(C)(=O)=O)cc1. The second-order valence-electron chi connectivity index (χ2n) is 7.18. The van der Waals surface area contributed by atoms with Gasteiger partial charge in [0.1, 0.15) is 12.3 Å². The fourth-order valence-electron chi connectivity index (χ4n) is 2.82. The molecule has 2 aromatic carbocycles. The molecule has 30 heavy (non-hydrogen) atoms. The molecule has 2 rings (SSSR count). The Morgan fingerprint density at radius 1 is 1.13 bits per heavy atom. The molecule has 162 valence electrons. The van der Waals surface area contributed by atoms with Crippen LogP contribution in [0.15, 0.2) is 47.6 Å². The number of benzene rings is 2. The molecule has 1 N–H and O–H groups in total. The summed E-state index contributed by atoms with van der Waals surface area (Å²) in [5.41, 5.74) is 5.45. The van der Waals surface area contributed by atoms with E-state index in [0.29, 0.717) is 12.3 Å². The summed E-state index contributed by atoms with van der Waals surface area (Å²) < 4.78 is 31.1. The molecule has 2 aromatic rings. The van der Waals surface area contributed by atoms with Crippen molar-refractivity contribution >= 4 is 27.8 Å². The summed E-state index contributed by atoms with van der Waals surface area (Å²) in [6.07, 6.45) is 4.65. The van der Waals surface area contributed by atoms with Crippen molar-refractivity contribution in [2.45, 2.75) is 33.6 Å². The number of nitrogens with zero attached hydrogens (tertiary/aromatic N) is 2. The number of amides is 1. The zero-order valence-corrected chi connectivity index (χ0v) is 18.7. The third kappa shape index (κ3) is 7.51. The van der Waals surface area contributed by atoms with E-state index in [2.05, 4.69) is 17.5 Å². The topological polar surface area (TPSA) is 88.1 Å². The summed E-state index contributed by atoms with van der Waals surface area (Å²) in [6.45, 7) is 6.18. The van der Waals surface area contributed by atoms with Crippen LogP contribution in [0.1, 0.15) is 36.5 Å². The van der Waals surface area contributed by atoms with Crippen molar-refractivity contribution in [3.8, 4) is 5.75 Å². The lowest BCUT2D eigenvalue weighted by atomic mass is 10.1. The van der Waals surface area contributed by atoms with Crippen LogP contribution in [0, 0.1) is 13.8 Å². The Balaban J connectivity index is 1.99. The molecule has 0 spiro atoms. The number of hydrogen-bond donors (Lipinski definition) is 1. The maximum Gasteiger partial charge on any atom is 0.260 e. The van der Waals surface area contributed by atoms with Crippen LogP contribution in [0.3, 0.4) is 0 Å². The number of carbonyl (C=O) groups is 1. The average Bonchev–Trinajstić information content (AvgIpc) is 2.66. The number of rotatable bonds is 10. The number of anilines is 1. The first-order valence-electron chi connectivity index (χ1n) is 9.80. The summed E-state index contributed by atoms with van der Waals surface area (Å²) in [6, 6.07) is 12.7. The summed E-state index contributed by atoms with van der Waals surface area (Å²) >= 11 is 0. The van der Waals surface area contributed by atoms with Gasteiger partial charge in [0.15, 0.2) is 0 Å². The highest BCUT2D eigenvalue weighted by molar-refractivity contribution is 7.92. The Kier molecular flexibility index (Phi) is 8.41. The maximum absolute atomic E-state index is 12.3. The number of aryl methyl sites for hydroxylation is 2. The van der Waals surface area contributed by atoms with Crippen LogP contribution in [0.5, 0.6) is 5.75 Å². The average molecular weight is 432 g/mol. The largest absolute Gasteiger partial charge is 0.494 e. The van der Waals surface area contributed by atoms with E-state index in [1.807, 2.05) is 44.2 Å². The lowest BCUT2D eigenvalue weighted by Gasteiger charge is -2.22. The molecule has 0 saturated heterocycles. The van der Waals surface area contributed by atoms with Gasteiger partial charge in [0.05, 0.1) is 24.8 Å². The first-order valence-corrected chi connectivity index (χ1v) is 11.6. The van der Waals surface area contributed by atoms with Gasteiger partial charge in [-0.25, -0.2) is 13.8 Å². The minimum absolute atomic E-state index is 0.358. The molecule has 0 aromatic heterocycles. The predicted octanol–water partition coefficient (Wildman–Crippen LogP) is 3.40. The molecular weight excluding hydrogens is 402 g/mol. The fourth-order valence-corrected chi connectivity index (χ4v) is 3.66. The van der Waals surface area contributed by atoms with E-state index in [9.17, 15) is 13.2 Å². The van der Waals surface area contributed by atoms with Crippen molar-refractivity contribution in [2.75, 3.05) is 23.7 Å². The van der Waals surface area contributed by atoms with Crippen molar-refractivity contribution < 1.29 is 17.9 Å². The summed E-state index contributed by atoms with van der Waals surface area (Å²) in [5.74, 6) is 0.247. The smallest absolute Gasteiger partial charge is 0.260 e. The van der Waals surface area contributed by atoms with Crippen LogP contribution in [0.2, 0.25) is 0 Å². The van der Waals surface area contributed by atoms with Crippen molar-refractivity contribution in [1.82, 2.24) is 5.43 Å². The third-order valence-corrected chi connectivity index (χ3v) is 5.37. The summed E-state index contributed by atoms with van der Waals surface area (Å²) in [5, 5.41) is 3.92. The van der Waals surface area contributed by atoms with Crippen LogP contribution >= 0.6 is 0 Å². The van der Waals surface area contributed by atoms with Gasteiger partial charge >= 0.3 is 0 Å². The molecule has 7 nitrogen and oxygen atoms in total. The first kappa shape index (κ1) is 23.4. The number of ether oxygens (including phenoxy) is 1. The standard InChI is InChI=1S/C22H29N3O4S/c1-5-6-11-29-21-9-7-19(8-10-21)15-23-24-22(26)16-25(30(4,27)28)20-13-17(2)12-18(3)14-20/h7-10,12-15H,5-6,11,16H2,1-4H3,(H,24,26)/b23-15-. The van der Waals surface area contributed by atoms with Crippen LogP contribution < -0.4 is 14.5 Å². The lowest BCUT2D eigenvalue weighted by molar-refractivity contribution is -0.119. The normalized spacial score (nSPS) is 11.5. The molecule has 0 fully saturated rings. The Labute approximate surface area is 178 Å². The maximum atomic E-state index is 12.3. The molecule has 0 saturated carbocycles. The molecule has 0 heterocycles. The van der Waals surface area contributed by atoms with Gasteiger partial charge in [-0.2, -0.15) is 5.10 Å². The Bertz CT molecular complexity index is 966. The van der Waals surface area contributed by atoms with E-state index in [0.717, 1.165) is 45.8 Å². The summed E-state index contributed by atoms with van der Waals surface area (Å²) in [7, 11) is -3.63. The number of nitrogens with one attached hydrogen (secondary N) is 1.